The van der Waals surface area contributed by atoms with Crippen LogP contribution in [0.15, 0.2) is 27.3 Å². The summed E-state index contributed by atoms with van der Waals surface area (Å²) in [6.07, 6.45) is 2.25. The molecule has 0 atom stereocenters. The van der Waals surface area contributed by atoms with Gasteiger partial charge in [-0.1, -0.05) is 15.9 Å². The number of carbonyl (C=O) groups is 1. The summed E-state index contributed by atoms with van der Waals surface area (Å²) >= 11 is 6.06. The van der Waals surface area contributed by atoms with Gasteiger partial charge in [-0.3, -0.25) is 4.79 Å². The molecule has 0 amide bonds. The summed E-state index contributed by atoms with van der Waals surface area (Å²) in [5.41, 5.74) is 0. The lowest BCUT2D eigenvalue weighted by molar-refractivity contribution is 0.0983. The zero-order valence-corrected chi connectivity index (χ0v) is 14.4. The lowest BCUT2D eigenvalue weighted by Crippen LogP contribution is -1.98. The van der Waals surface area contributed by atoms with Crippen molar-refractivity contribution in [3.63, 3.8) is 0 Å². The third-order valence-corrected chi connectivity index (χ3v) is 8.07. The molecule has 1 aliphatic rings. The number of hydrogen-bond donors (Lipinski definition) is 0. The molecular weight excluding hydrogens is 380 g/mol. The highest BCUT2D eigenvalue weighted by Gasteiger charge is 2.36. The van der Waals surface area contributed by atoms with E-state index in [1.807, 2.05) is 0 Å². The van der Waals surface area contributed by atoms with Crippen LogP contribution in [-0.2, 0) is 9.84 Å². The topological polar surface area (TPSA) is 51.2 Å². The SMILES string of the molecule is O=C(CCCCBr)c1cc2c(s1)-c1sccc1S2(=O)=O. The minimum Gasteiger partial charge on any atom is -0.293 e. The number of alkyl halides is 1. The predicted molar refractivity (Wildman–Crippen MR) is 85.1 cm³/mol. The number of sulfone groups is 1. The van der Waals surface area contributed by atoms with Gasteiger partial charge in [0.15, 0.2) is 5.78 Å². The summed E-state index contributed by atoms with van der Waals surface area (Å²) < 4.78 is 24.7. The summed E-state index contributed by atoms with van der Waals surface area (Å²) in [5.74, 6) is 0.0404. The van der Waals surface area contributed by atoms with E-state index in [4.69, 9.17) is 0 Å². The average Bonchev–Trinajstić information content (AvgIpc) is 3.08. The standard InChI is InChI=1S/C13H11BrO3S3/c14-5-2-1-3-8(15)9-7-11-13(19-9)12-10(4-6-18-12)20(11,16)17/h4,6-7H,1-3,5H2. The molecule has 0 unspecified atom stereocenters. The molecule has 1 aliphatic heterocycles. The van der Waals surface area contributed by atoms with Gasteiger partial charge in [-0.15, -0.1) is 22.7 Å². The zero-order valence-electron chi connectivity index (χ0n) is 10.4. The number of hydrogen-bond acceptors (Lipinski definition) is 5. The first-order chi connectivity index (χ1) is 9.55. The normalized spacial score (nSPS) is 15.1. The van der Waals surface area contributed by atoms with Gasteiger partial charge in [0.1, 0.15) is 0 Å². The van der Waals surface area contributed by atoms with E-state index >= 15 is 0 Å². The van der Waals surface area contributed by atoms with E-state index in [0.29, 0.717) is 21.1 Å². The van der Waals surface area contributed by atoms with Crippen LogP contribution in [0, 0.1) is 0 Å². The smallest absolute Gasteiger partial charge is 0.209 e. The summed E-state index contributed by atoms with van der Waals surface area (Å²) in [6, 6.07) is 3.19. The molecule has 3 nitrogen and oxygen atoms in total. The van der Waals surface area contributed by atoms with Crippen LogP contribution in [0.3, 0.4) is 0 Å². The second-order valence-corrected chi connectivity index (χ2v) is 9.14. The highest BCUT2D eigenvalue weighted by atomic mass is 79.9. The Morgan fingerprint density at radius 2 is 2.00 bits per heavy atom. The maximum absolute atomic E-state index is 12.3. The van der Waals surface area contributed by atoms with Gasteiger partial charge < -0.3 is 0 Å². The van der Waals surface area contributed by atoms with Crippen molar-refractivity contribution in [3.05, 3.63) is 22.4 Å². The molecule has 3 heterocycles. The Morgan fingerprint density at radius 1 is 1.20 bits per heavy atom. The molecule has 20 heavy (non-hydrogen) atoms. The molecule has 2 aromatic heterocycles. The molecular formula is C13H11BrO3S3. The van der Waals surface area contributed by atoms with Crippen molar-refractivity contribution in [2.75, 3.05) is 5.33 Å². The van der Waals surface area contributed by atoms with Crippen LogP contribution in [0.1, 0.15) is 28.9 Å². The van der Waals surface area contributed by atoms with Crippen molar-refractivity contribution in [1.29, 1.82) is 0 Å². The second kappa shape index (κ2) is 5.36. The summed E-state index contributed by atoms with van der Waals surface area (Å²) in [4.78, 5) is 14.9. The Hall–Kier alpha value is -0.500. The van der Waals surface area contributed by atoms with E-state index in [9.17, 15) is 13.2 Å². The minimum absolute atomic E-state index is 0.0404. The number of fused-ring (bicyclic) bond motifs is 3. The van der Waals surface area contributed by atoms with Crippen LogP contribution >= 0.6 is 38.6 Å². The van der Waals surface area contributed by atoms with Gasteiger partial charge in [0, 0.05) is 11.8 Å². The zero-order chi connectivity index (χ0) is 14.3. The van der Waals surface area contributed by atoms with E-state index < -0.39 is 9.84 Å². The highest BCUT2D eigenvalue weighted by Crippen LogP contribution is 2.50. The quantitative estimate of drug-likeness (QED) is 0.369. The molecule has 0 fully saturated rings. The number of halogens is 1. The lowest BCUT2D eigenvalue weighted by Gasteiger charge is -1.97. The molecule has 0 aromatic carbocycles. The Kier molecular flexibility index (Phi) is 3.87. The summed E-state index contributed by atoms with van der Waals surface area (Å²) in [6.45, 7) is 0. The van der Waals surface area contributed by atoms with Crippen molar-refractivity contribution in [3.8, 4) is 9.75 Å². The summed E-state index contributed by atoms with van der Waals surface area (Å²) in [5, 5.41) is 2.66. The fourth-order valence-electron chi connectivity index (χ4n) is 2.17. The first-order valence-electron chi connectivity index (χ1n) is 6.11. The Labute approximate surface area is 133 Å². The fourth-order valence-corrected chi connectivity index (χ4v) is 7.21. The van der Waals surface area contributed by atoms with Crippen LogP contribution in [0.2, 0.25) is 0 Å². The number of thiophene rings is 2. The van der Waals surface area contributed by atoms with Gasteiger partial charge in [0.2, 0.25) is 9.84 Å². The molecule has 0 aliphatic carbocycles. The predicted octanol–water partition coefficient (Wildman–Crippen LogP) is 4.37. The van der Waals surface area contributed by atoms with Crippen LogP contribution in [0.5, 0.6) is 0 Å². The van der Waals surface area contributed by atoms with E-state index in [1.54, 1.807) is 17.5 Å². The van der Waals surface area contributed by atoms with Gasteiger partial charge >= 0.3 is 0 Å². The van der Waals surface area contributed by atoms with Crippen LogP contribution in [0.25, 0.3) is 9.75 Å². The molecule has 2 aromatic rings. The number of ketones is 1. The first kappa shape index (κ1) is 14.4. The van der Waals surface area contributed by atoms with Gasteiger partial charge in [-0.05, 0) is 30.4 Å². The molecule has 0 radical (unpaired) electrons. The van der Waals surface area contributed by atoms with E-state index in [1.165, 1.54) is 22.7 Å². The van der Waals surface area contributed by atoms with Gasteiger partial charge in [-0.2, -0.15) is 0 Å². The molecule has 106 valence electrons. The minimum atomic E-state index is -3.40. The van der Waals surface area contributed by atoms with E-state index in [0.717, 1.165) is 27.9 Å². The number of rotatable bonds is 5. The first-order valence-corrected chi connectivity index (χ1v) is 10.4. The van der Waals surface area contributed by atoms with Crippen molar-refractivity contribution < 1.29 is 13.2 Å². The van der Waals surface area contributed by atoms with Crippen LogP contribution < -0.4 is 0 Å². The molecule has 0 bridgehead atoms. The Morgan fingerprint density at radius 3 is 2.75 bits per heavy atom. The second-order valence-electron chi connectivity index (χ2n) is 4.49. The van der Waals surface area contributed by atoms with Gasteiger partial charge in [-0.25, -0.2) is 8.42 Å². The Balaban J connectivity index is 1.95. The largest absolute Gasteiger partial charge is 0.293 e. The molecule has 3 rings (SSSR count). The van der Waals surface area contributed by atoms with E-state index in [2.05, 4.69) is 15.9 Å². The molecule has 0 saturated carbocycles. The maximum Gasteiger partial charge on any atom is 0.209 e. The van der Waals surface area contributed by atoms with Crippen molar-refractivity contribution in [2.24, 2.45) is 0 Å². The van der Waals surface area contributed by atoms with Crippen molar-refractivity contribution >= 4 is 54.2 Å². The number of unbranched alkanes of at least 4 members (excludes halogenated alkanes) is 1. The number of Topliss-reactive ketones (excluding diaryl/α,β-unsaturated/α-hetero) is 1. The maximum atomic E-state index is 12.3. The third kappa shape index (κ3) is 2.20. The monoisotopic (exact) mass is 390 g/mol. The summed E-state index contributed by atoms with van der Waals surface area (Å²) in [7, 11) is -3.40. The van der Waals surface area contributed by atoms with Gasteiger partial charge in [0.25, 0.3) is 0 Å². The third-order valence-electron chi connectivity index (χ3n) is 3.17. The van der Waals surface area contributed by atoms with Crippen LogP contribution in [-0.4, -0.2) is 19.5 Å². The Bertz CT molecular complexity index is 771. The molecule has 0 N–H and O–H groups in total. The molecule has 0 saturated heterocycles. The molecule has 0 spiro atoms. The van der Waals surface area contributed by atoms with Crippen molar-refractivity contribution in [1.82, 2.24) is 0 Å². The van der Waals surface area contributed by atoms with Crippen molar-refractivity contribution in [2.45, 2.75) is 29.1 Å². The average molecular weight is 391 g/mol. The van der Waals surface area contributed by atoms with E-state index in [-0.39, 0.29) is 5.78 Å². The molecule has 7 heteroatoms. The number of carbonyl (C=O) groups excluding carboxylic acids is 1. The van der Waals surface area contributed by atoms with Crippen LogP contribution in [0.4, 0.5) is 0 Å². The van der Waals surface area contributed by atoms with Gasteiger partial charge in [0.05, 0.1) is 24.4 Å². The highest BCUT2D eigenvalue weighted by molar-refractivity contribution is 9.09. The fraction of sp³-hybridized carbons (Fsp3) is 0.308. The lowest BCUT2D eigenvalue weighted by atomic mass is 10.1.